The number of benzene rings is 2. The van der Waals surface area contributed by atoms with Crippen molar-refractivity contribution in [2.24, 2.45) is 41.4 Å². The smallest absolute Gasteiger partial charge is 0.465 e. The van der Waals surface area contributed by atoms with Crippen LogP contribution in [-0.2, 0) is 92.4 Å². The molecule has 16 unspecified atom stereocenters. The highest BCUT2D eigenvalue weighted by Gasteiger charge is 2.60. The molecule has 0 bridgehead atoms. The Morgan fingerprint density at radius 1 is 0.417 bits per heavy atom. The van der Waals surface area contributed by atoms with E-state index in [0.29, 0.717) is 129 Å². The predicted octanol–water partition coefficient (Wildman–Crippen LogP) is 5.66. The van der Waals surface area contributed by atoms with Crippen LogP contribution in [0.25, 0.3) is 0 Å². The number of carbonyl (C=O) groups is 3. The van der Waals surface area contributed by atoms with Crippen LogP contribution >= 0.6 is 0 Å². The minimum absolute atomic E-state index is 0.00258. The molecule has 2 aromatic rings. The lowest BCUT2D eigenvalue weighted by molar-refractivity contribution is -0.153. The molecule has 2 aromatic carbocycles. The maximum absolute atomic E-state index is 12.3. The summed E-state index contributed by atoms with van der Waals surface area (Å²) in [5.74, 6) is 2.29. The lowest BCUT2D eigenvalue weighted by atomic mass is 9.77. The maximum atomic E-state index is 12.3. The molecule has 0 spiro atoms. The summed E-state index contributed by atoms with van der Waals surface area (Å²) in [6, 6.07) is 18.0. The first kappa shape index (κ1) is 83.7. The molecule has 12 aliphatic rings. The molecule has 0 amide bonds. The molecule has 16 atom stereocenters. The molecule has 6 N–H and O–H groups in total. The molecule has 103 heavy (non-hydrogen) atoms. The zero-order valence-corrected chi connectivity index (χ0v) is 64.6. The molecule has 0 radical (unpaired) electrons. The molecule has 12 fully saturated rings. The average molecular weight is 1510 g/mol. The van der Waals surface area contributed by atoms with Gasteiger partial charge in [0.1, 0.15) is 0 Å². The molecule has 6 saturated carbocycles. The number of rotatable bonds is 32. The Balaban J connectivity index is 0.000000147. The Bertz CT molecular complexity index is 2650. The second-order valence-electron chi connectivity index (χ2n) is 29.3. The molecule has 6 saturated heterocycles. The van der Waals surface area contributed by atoms with Crippen molar-refractivity contribution in [3.63, 3.8) is 0 Å². The number of hydrogen-bond donors (Lipinski definition) is 6. The zero-order valence-electron chi connectivity index (χ0n) is 61.6. The number of hydrogen-bond acceptors (Lipinski definition) is 26. The molecule has 26 nitrogen and oxygen atoms in total. The van der Waals surface area contributed by atoms with E-state index in [1.807, 2.05) is 64.1 Å². The molecule has 29 heteroatoms. The largest absolute Gasteiger partial charge is 0.680 e. The van der Waals surface area contributed by atoms with Gasteiger partial charge in [-0.05, 0) is 198 Å². The number of aliphatic hydroxyl groups excluding tert-OH is 4. The predicted molar refractivity (Wildman–Crippen MR) is 380 cm³/mol. The van der Waals surface area contributed by atoms with Crippen molar-refractivity contribution >= 4 is 54.9 Å². The van der Waals surface area contributed by atoms with E-state index in [9.17, 15) is 24.0 Å². The number of fused-ring (bicyclic) bond motifs is 5. The monoisotopic (exact) mass is 1510 g/mol. The van der Waals surface area contributed by atoms with Gasteiger partial charge >= 0.3 is 44.6 Å². The molecule has 584 valence electrons. The minimum Gasteiger partial charge on any atom is -0.465 e. The first-order valence-corrected chi connectivity index (χ1v) is 43.5. The second-order valence-corrected chi connectivity index (χ2v) is 36.1. The maximum Gasteiger partial charge on any atom is 0.680 e. The van der Waals surface area contributed by atoms with Crippen molar-refractivity contribution in [3.05, 3.63) is 60.7 Å². The van der Waals surface area contributed by atoms with Gasteiger partial charge in [-0.3, -0.25) is 14.4 Å². The molecule has 6 heterocycles. The van der Waals surface area contributed by atoms with Crippen LogP contribution in [-0.4, -0.2) is 246 Å². The summed E-state index contributed by atoms with van der Waals surface area (Å²) < 4.78 is 92.2. The van der Waals surface area contributed by atoms with Crippen molar-refractivity contribution < 1.29 is 122 Å². The van der Waals surface area contributed by atoms with Crippen LogP contribution in [0.2, 0.25) is 0 Å². The van der Waals surface area contributed by atoms with Crippen molar-refractivity contribution in [2.45, 2.75) is 230 Å². The Kier molecular flexibility index (Phi) is 33.3. The summed E-state index contributed by atoms with van der Waals surface area (Å²) in [5.41, 5.74) is 0.495. The van der Waals surface area contributed by atoms with Crippen LogP contribution in [0.1, 0.15) is 164 Å². The lowest BCUT2D eigenvalue weighted by Crippen LogP contribution is -2.59. The van der Waals surface area contributed by atoms with E-state index in [4.69, 9.17) is 98.5 Å². The number of esters is 3. The van der Waals surface area contributed by atoms with Crippen LogP contribution < -0.4 is 10.4 Å². The van der Waals surface area contributed by atoms with E-state index in [1.54, 1.807) is 24.3 Å². The first-order valence-electron chi connectivity index (χ1n) is 38.3. The summed E-state index contributed by atoms with van der Waals surface area (Å²) in [6.07, 6.45) is 23.5. The Morgan fingerprint density at radius 3 is 1.07 bits per heavy atom. The Labute approximate surface area is 612 Å². The summed E-state index contributed by atoms with van der Waals surface area (Å²) in [6.45, 7) is 15.7. The lowest BCUT2D eigenvalue weighted by Gasteiger charge is -2.29. The van der Waals surface area contributed by atoms with E-state index in [1.165, 1.54) is 19.3 Å². The second kappa shape index (κ2) is 40.9. The van der Waals surface area contributed by atoms with E-state index in [-0.39, 0.29) is 99.7 Å². The van der Waals surface area contributed by atoms with Crippen LogP contribution in [0.5, 0.6) is 0 Å². The van der Waals surface area contributed by atoms with Crippen LogP contribution in [0.3, 0.4) is 0 Å². The van der Waals surface area contributed by atoms with Gasteiger partial charge in [0.2, 0.25) is 0 Å². The molecule has 6 aliphatic carbocycles. The third-order valence-corrected chi connectivity index (χ3v) is 28.7. The topological polar surface area (TPSA) is 349 Å². The first-order chi connectivity index (χ1) is 49.8. The summed E-state index contributed by atoms with van der Waals surface area (Å²) in [5, 5.41) is 36.0. The SMILES string of the molecule is CC1(C2CCC3(C)OC3C2)CO1.CCO[Si](OCC)(OCC)OCC.O=C(OCC1CCC(COC(=O)C2CCC3OC3C2)CC1)C1CCC2OC2C1.O=C(OCC1CCC2OC2C1)C1CCC2OC2C1.OCCO[Si](OCCO)(OCCO)OCCO.O[Si](O)(c1ccccc1)c1ccccc1. The van der Waals surface area contributed by atoms with Gasteiger partial charge in [-0.15, -0.1) is 0 Å². The summed E-state index contributed by atoms with van der Waals surface area (Å²) in [7, 11) is -9.77. The van der Waals surface area contributed by atoms with Crippen LogP contribution in [0.15, 0.2) is 60.7 Å². The molecule has 0 aromatic heterocycles. The Hall–Kier alpha value is -3.30. The number of epoxide rings is 6. The van der Waals surface area contributed by atoms with Gasteiger partial charge in [0.25, 0.3) is 0 Å². The highest BCUT2D eigenvalue weighted by molar-refractivity contribution is 6.90. The van der Waals surface area contributed by atoms with E-state index < -0.39 is 26.7 Å². The van der Waals surface area contributed by atoms with Crippen molar-refractivity contribution in [1.29, 1.82) is 0 Å². The van der Waals surface area contributed by atoms with Gasteiger partial charge in [0.05, 0.1) is 163 Å². The van der Waals surface area contributed by atoms with Crippen molar-refractivity contribution in [2.75, 3.05) is 106 Å². The summed E-state index contributed by atoms with van der Waals surface area (Å²) >= 11 is 0. The number of ether oxygens (including phenoxy) is 9. The normalized spacial score (nSPS) is 32.9. The highest BCUT2D eigenvalue weighted by atomic mass is 28.4. The van der Waals surface area contributed by atoms with Crippen LogP contribution in [0.4, 0.5) is 0 Å². The molecular weight excluding hydrogens is 1390 g/mol. The van der Waals surface area contributed by atoms with Gasteiger partial charge in [0, 0.05) is 26.4 Å². The van der Waals surface area contributed by atoms with Crippen molar-refractivity contribution in [3.8, 4) is 0 Å². The third-order valence-electron chi connectivity index (χ3n) is 21.6. The fourth-order valence-electron chi connectivity index (χ4n) is 15.0. The van der Waals surface area contributed by atoms with Gasteiger partial charge in [0.15, 0.2) is 0 Å². The van der Waals surface area contributed by atoms with Gasteiger partial charge in [-0.1, -0.05) is 60.7 Å². The number of carbonyl (C=O) groups excluding carboxylic acids is 3. The average Bonchev–Trinajstić information content (AvgIpc) is 1.58. The van der Waals surface area contributed by atoms with Gasteiger partial charge in [-0.2, -0.15) is 0 Å². The molecule has 14 rings (SSSR count). The quantitative estimate of drug-likeness (QED) is 0.0222. The van der Waals surface area contributed by atoms with Gasteiger partial charge in [-0.25, -0.2) is 0 Å². The molecular formula is C74H120O26Si3. The fraction of sp³-hybridized carbons (Fsp3) is 0.797. The van der Waals surface area contributed by atoms with Gasteiger partial charge < -0.3 is 108 Å². The van der Waals surface area contributed by atoms with Crippen molar-refractivity contribution in [1.82, 2.24) is 0 Å². The standard InChI is InChI=1S/C22H32O6.C14H20O4.C12H12O2Si.C10H16O2.C8H20O8Si.C8H20O4Si/c23-21(15-5-7-17-19(9-15)27-17)25-11-13-1-2-14(4-3-13)12-26-22(24)16-6-8-18-20(10-16)28-18;15-14(9-2-4-11-13(6-9)18-11)16-7-8-1-3-10-12(5-8)17-10;13-15(14,11-7-3-1-4-8-11)12-9-5-2-6-10-12;1-9-4-3-7(5-8(9)12-9)10(2)6-11-10;9-1-5-13-17(14-6-2-10,15-7-3-11)16-8-4-12;1-5-9-13(10-6-2,11-7-3)12-8-4/h13-20H,1-12H2;8-13H,1-7H2;1-10,13-14H;7-8H,3-6H2,1-2H3;9-12H,1-8H2;5-8H2,1-4H3. The van der Waals surface area contributed by atoms with E-state index in [2.05, 4.69) is 13.8 Å². The van der Waals surface area contributed by atoms with Crippen LogP contribution in [0, 0.1) is 41.4 Å². The summed E-state index contributed by atoms with van der Waals surface area (Å²) in [4.78, 5) is 56.8. The van der Waals surface area contributed by atoms with E-state index in [0.717, 1.165) is 115 Å². The Morgan fingerprint density at radius 2 is 0.748 bits per heavy atom. The zero-order chi connectivity index (χ0) is 73.5. The van der Waals surface area contributed by atoms with E-state index >= 15 is 0 Å². The highest BCUT2D eigenvalue weighted by Crippen LogP contribution is 2.54. The minimum atomic E-state index is -3.52. The fourth-order valence-corrected chi connectivity index (χ4v) is 20.4. The third kappa shape index (κ3) is 26.2. The number of aliphatic hydroxyl groups is 4. The molecule has 6 aliphatic heterocycles.